The van der Waals surface area contributed by atoms with Gasteiger partial charge in [0, 0.05) is 6.42 Å². The summed E-state index contributed by atoms with van der Waals surface area (Å²) in [5, 5.41) is 11.6. The Morgan fingerprint density at radius 3 is 1.84 bits per heavy atom. The summed E-state index contributed by atoms with van der Waals surface area (Å²) in [5.41, 5.74) is 0. The Balaban J connectivity index is 2.12. The molecule has 1 N–H and O–H groups in total. The standard InChI is InChI=1S/C20H25FO3Si/c1-20(2,3)25(15-10-6-4-7-11-15,16-12-8-5-9-13-16)24-18-14-17(21)19(22)23-18/h4-13,17-19,22H,14H2,1-3H3/t17-,18-,19-/m1/s1. The van der Waals surface area contributed by atoms with Crippen LogP contribution < -0.4 is 10.4 Å². The molecule has 0 aliphatic carbocycles. The fourth-order valence-corrected chi connectivity index (χ4v) is 8.12. The van der Waals surface area contributed by atoms with Crippen molar-refractivity contribution in [2.75, 3.05) is 0 Å². The van der Waals surface area contributed by atoms with E-state index in [1.807, 2.05) is 36.4 Å². The van der Waals surface area contributed by atoms with Gasteiger partial charge < -0.3 is 14.3 Å². The monoisotopic (exact) mass is 360 g/mol. The number of aliphatic hydroxyl groups excluding tert-OH is 1. The highest BCUT2D eigenvalue weighted by atomic mass is 28.4. The minimum atomic E-state index is -2.78. The third-order valence-corrected chi connectivity index (χ3v) is 9.76. The summed E-state index contributed by atoms with van der Waals surface area (Å²) in [7, 11) is -2.78. The first-order valence-electron chi connectivity index (χ1n) is 8.61. The van der Waals surface area contributed by atoms with Crippen molar-refractivity contribution in [2.24, 2.45) is 0 Å². The van der Waals surface area contributed by atoms with E-state index in [1.165, 1.54) is 0 Å². The summed E-state index contributed by atoms with van der Waals surface area (Å²) < 4.78 is 25.8. The Bertz CT molecular complexity index is 638. The van der Waals surface area contributed by atoms with Crippen molar-refractivity contribution in [1.29, 1.82) is 0 Å². The fraction of sp³-hybridized carbons (Fsp3) is 0.400. The summed E-state index contributed by atoms with van der Waals surface area (Å²) in [6.45, 7) is 6.45. The van der Waals surface area contributed by atoms with Crippen molar-refractivity contribution in [3.05, 3.63) is 60.7 Å². The second-order valence-corrected chi connectivity index (χ2v) is 11.7. The topological polar surface area (TPSA) is 38.7 Å². The van der Waals surface area contributed by atoms with Crippen LogP contribution in [0, 0.1) is 0 Å². The smallest absolute Gasteiger partial charge is 0.264 e. The summed E-state index contributed by atoms with van der Waals surface area (Å²) in [6.07, 6.45) is -3.53. The van der Waals surface area contributed by atoms with Crippen LogP contribution in [0.2, 0.25) is 5.04 Å². The van der Waals surface area contributed by atoms with Gasteiger partial charge in [0.2, 0.25) is 0 Å². The lowest BCUT2D eigenvalue weighted by atomic mass is 10.2. The molecule has 3 nitrogen and oxygen atoms in total. The van der Waals surface area contributed by atoms with Crippen LogP contribution in [-0.2, 0) is 9.16 Å². The molecule has 0 radical (unpaired) electrons. The lowest BCUT2D eigenvalue weighted by molar-refractivity contribution is -0.163. The Morgan fingerprint density at radius 1 is 1.00 bits per heavy atom. The van der Waals surface area contributed by atoms with Gasteiger partial charge in [-0.2, -0.15) is 0 Å². The highest BCUT2D eigenvalue weighted by Crippen LogP contribution is 2.39. The van der Waals surface area contributed by atoms with Gasteiger partial charge in [-0.05, 0) is 15.4 Å². The molecule has 134 valence electrons. The van der Waals surface area contributed by atoms with Gasteiger partial charge in [0.25, 0.3) is 8.32 Å². The third kappa shape index (κ3) is 3.42. The molecule has 0 spiro atoms. The minimum absolute atomic E-state index is 0.0473. The van der Waals surface area contributed by atoms with E-state index in [0.717, 1.165) is 10.4 Å². The van der Waals surface area contributed by atoms with Gasteiger partial charge in [0.15, 0.2) is 18.8 Å². The van der Waals surface area contributed by atoms with Crippen molar-refractivity contribution in [3.63, 3.8) is 0 Å². The molecule has 0 bridgehead atoms. The number of rotatable bonds is 4. The van der Waals surface area contributed by atoms with Crippen LogP contribution in [0.15, 0.2) is 60.7 Å². The van der Waals surface area contributed by atoms with Gasteiger partial charge >= 0.3 is 0 Å². The highest BCUT2D eigenvalue weighted by Gasteiger charge is 2.53. The summed E-state index contributed by atoms with van der Waals surface area (Å²) in [4.78, 5) is 0. The van der Waals surface area contributed by atoms with Crippen molar-refractivity contribution in [2.45, 2.75) is 51.0 Å². The van der Waals surface area contributed by atoms with Gasteiger partial charge in [0.1, 0.15) is 0 Å². The Kier molecular flexibility index (Phi) is 5.11. The molecular weight excluding hydrogens is 335 g/mol. The number of aliphatic hydroxyl groups is 1. The molecule has 1 aliphatic rings. The van der Waals surface area contributed by atoms with Crippen LogP contribution >= 0.6 is 0 Å². The molecule has 1 heterocycles. The van der Waals surface area contributed by atoms with Crippen LogP contribution in [0.5, 0.6) is 0 Å². The Hall–Kier alpha value is -1.53. The van der Waals surface area contributed by atoms with Crippen LogP contribution in [0.1, 0.15) is 27.2 Å². The average Bonchev–Trinajstić information content (AvgIpc) is 2.91. The van der Waals surface area contributed by atoms with E-state index in [9.17, 15) is 9.50 Å². The van der Waals surface area contributed by atoms with Gasteiger partial charge in [-0.25, -0.2) is 4.39 Å². The zero-order chi connectivity index (χ0) is 18.1. The first-order chi connectivity index (χ1) is 11.8. The van der Waals surface area contributed by atoms with E-state index >= 15 is 0 Å². The van der Waals surface area contributed by atoms with Gasteiger partial charge in [-0.1, -0.05) is 81.4 Å². The molecular formula is C20H25FO3Si. The molecule has 1 aliphatic heterocycles. The van der Waals surface area contributed by atoms with Crippen LogP contribution in [0.4, 0.5) is 4.39 Å². The van der Waals surface area contributed by atoms with Gasteiger partial charge in [-0.15, -0.1) is 0 Å². The van der Waals surface area contributed by atoms with Crippen LogP contribution in [0.25, 0.3) is 0 Å². The molecule has 1 saturated heterocycles. The normalized spacial score (nSPS) is 24.4. The lowest BCUT2D eigenvalue weighted by Crippen LogP contribution is -2.67. The number of alkyl halides is 1. The third-order valence-electron chi connectivity index (χ3n) is 4.74. The molecule has 0 aromatic heterocycles. The van der Waals surface area contributed by atoms with Crippen LogP contribution in [0.3, 0.4) is 0 Å². The summed E-state index contributed by atoms with van der Waals surface area (Å²) in [6, 6.07) is 20.2. The maximum absolute atomic E-state index is 13.8. The minimum Gasteiger partial charge on any atom is -0.382 e. The van der Waals surface area contributed by atoms with E-state index < -0.39 is 27.1 Å². The second-order valence-electron chi connectivity index (χ2n) is 7.49. The number of benzene rings is 2. The quantitative estimate of drug-likeness (QED) is 0.852. The van der Waals surface area contributed by atoms with Crippen molar-refractivity contribution >= 4 is 18.7 Å². The van der Waals surface area contributed by atoms with E-state index in [0.29, 0.717) is 0 Å². The van der Waals surface area contributed by atoms with Gasteiger partial charge in [0.05, 0.1) is 0 Å². The fourth-order valence-electron chi connectivity index (χ4n) is 3.56. The predicted molar refractivity (Wildman–Crippen MR) is 99.1 cm³/mol. The molecule has 1 fully saturated rings. The van der Waals surface area contributed by atoms with Crippen LogP contribution in [-0.4, -0.2) is 32.2 Å². The molecule has 5 heteroatoms. The predicted octanol–water partition coefficient (Wildman–Crippen LogP) is 2.97. The first kappa shape index (κ1) is 18.3. The zero-order valence-electron chi connectivity index (χ0n) is 14.9. The lowest BCUT2D eigenvalue weighted by Gasteiger charge is -2.44. The molecule has 25 heavy (non-hydrogen) atoms. The maximum atomic E-state index is 13.8. The molecule has 2 aromatic rings. The SMILES string of the molecule is CC(C)(C)[Si](O[C@@H]1C[C@@H](F)[C@H](O)O1)(c1ccccc1)c1ccccc1. The summed E-state index contributed by atoms with van der Waals surface area (Å²) in [5.74, 6) is 0. The Morgan fingerprint density at radius 2 is 1.48 bits per heavy atom. The molecule has 3 rings (SSSR count). The van der Waals surface area contributed by atoms with Crippen molar-refractivity contribution in [3.8, 4) is 0 Å². The molecule has 0 saturated carbocycles. The molecule has 0 amide bonds. The maximum Gasteiger partial charge on any atom is 0.264 e. The van der Waals surface area contributed by atoms with E-state index in [2.05, 4.69) is 45.0 Å². The highest BCUT2D eigenvalue weighted by molar-refractivity contribution is 6.99. The number of hydrogen-bond donors (Lipinski definition) is 1. The molecule has 2 aromatic carbocycles. The zero-order valence-corrected chi connectivity index (χ0v) is 15.9. The van der Waals surface area contributed by atoms with E-state index in [1.54, 1.807) is 0 Å². The summed E-state index contributed by atoms with van der Waals surface area (Å²) >= 11 is 0. The average molecular weight is 361 g/mol. The first-order valence-corrected chi connectivity index (χ1v) is 10.5. The second kappa shape index (κ2) is 7.00. The van der Waals surface area contributed by atoms with E-state index in [-0.39, 0.29) is 11.5 Å². The van der Waals surface area contributed by atoms with E-state index in [4.69, 9.17) is 9.16 Å². The largest absolute Gasteiger partial charge is 0.382 e. The Labute approximate surface area is 149 Å². The number of ether oxygens (including phenoxy) is 1. The molecule has 0 unspecified atom stereocenters. The number of hydrogen-bond acceptors (Lipinski definition) is 3. The number of halogens is 1. The van der Waals surface area contributed by atoms with Crippen molar-refractivity contribution < 1.29 is 18.7 Å². The molecule has 3 atom stereocenters. The van der Waals surface area contributed by atoms with Gasteiger partial charge in [-0.3, -0.25) is 0 Å². The van der Waals surface area contributed by atoms with Crippen molar-refractivity contribution in [1.82, 2.24) is 0 Å².